The zero-order chi connectivity index (χ0) is 17.2. The van der Waals surface area contributed by atoms with Gasteiger partial charge in [0.05, 0.1) is 15.7 Å². The fraction of sp³-hybridized carbons (Fsp3) is 0.0714. The van der Waals surface area contributed by atoms with Gasteiger partial charge in [-0.15, -0.1) is 13.2 Å². The van der Waals surface area contributed by atoms with Crippen LogP contribution in [0.15, 0.2) is 36.4 Å². The number of anilines is 2. The molecule has 2 aromatic rings. The first-order valence-electron chi connectivity index (χ1n) is 6.07. The number of alkyl halides is 3. The van der Waals surface area contributed by atoms with E-state index in [1.165, 1.54) is 24.3 Å². The highest BCUT2D eigenvalue weighted by Gasteiger charge is 2.31. The second kappa shape index (κ2) is 6.55. The smallest absolute Gasteiger partial charge is 0.406 e. The minimum Gasteiger partial charge on any atom is -0.406 e. The highest BCUT2D eigenvalue weighted by molar-refractivity contribution is 6.39. The molecule has 1 amide bonds. The number of nitrogens with one attached hydrogen (secondary N) is 1. The third kappa shape index (κ3) is 4.67. The molecule has 9 heteroatoms. The Morgan fingerprint density at radius 3 is 2.09 bits per heavy atom. The minimum absolute atomic E-state index is 0.128. The monoisotopic (exact) mass is 364 g/mol. The molecule has 122 valence electrons. The number of carbonyl (C=O) groups is 1. The third-order valence-corrected chi connectivity index (χ3v) is 3.31. The van der Waals surface area contributed by atoms with Gasteiger partial charge in [0.2, 0.25) is 0 Å². The predicted octanol–water partition coefficient (Wildman–Crippen LogP) is 4.73. The molecule has 0 aliphatic carbocycles. The maximum Gasteiger partial charge on any atom is 0.573 e. The Morgan fingerprint density at radius 1 is 1.09 bits per heavy atom. The molecule has 0 saturated heterocycles. The summed E-state index contributed by atoms with van der Waals surface area (Å²) in [4.78, 5) is 12.0. The van der Waals surface area contributed by atoms with Gasteiger partial charge in [0.15, 0.2) is 0 Å². The Bertz CT molecular complexity index is 711. The quantitative estimate of drug-likeness (QED) is 0.774. The standard InChI is InChI=1S/C14H9Cl2F3N2O2/c15-10-5-8(6-11(16)12(10)20)21-13(22)7-1-3-9(4-2-7)23-14(17,18)19/h1-6H,20H2,(H,21,22). The Morgan fingerprint density at radius 2 is 1.61 bits per heavy atom. The van der Waals surface area contributed by atoms with Crippen molar-refractivity contribution in [3.05, 3.63) is 52.0 Å². The van der Waals surface area contributed by atoms with E-state index in [0.29, 0.717) is 5.69 Å². The number of hydrogen-bond donors (Lipinski definition) is 2. The topological polar surface area (TPSA) is 64.3 Å². The van der Waals surface area contributed by atoms with Gasteiger partial charge in [-0.25, -0.2) is 0 Å². The average Bonchev–Trinajstić information content (AvgIpc) is 2.43. The first-order valence-corrected chi connectivity index (χ1v) is 6.83. The van der Waals surface area contributed by atoms with Crippen molar-refractivity contribution >= 4 is 40.5 Å². The van der Waals surface area contributed by atoms with Gasteiger partial charge >= 0.3 is 6.36 Å². The molecular weight excluding hydrogens is 356 g/mol. The van der Waals surface area contributed by atoms with Gasteiger partial charge in [0, 0.05) is 11.3 Å². The second-order valence-electron chi connectivity index (χ2n) is 4.38. The van der Waals surface area contributed by atoms with Gasteiger partial charge < -0.3 is 15.8 Å². The number of benzene rings is 2. The molecule has 0 heterocycles. The van der Waals surface area contributed by atoms with Crippen LogP contribution in [0.25, 0.3) is 0 Å². The van der Waals surface area contributed by atoms with E-state index in [1.54, 1.807) is 0 Å². The van der Waals surface area contributed by atoms with E-state index < -0.39 is 18.0 Å². The molecule has 0 aliphatic heterocycles. The summed E-state index contributed by atoms with van der Waals surface area (Å²) in [6, 6.07) is 7.26. The number of amides is 1. The number of nitrogens with two attached hydrogens (primary N) is 1. The molecule has 2 aromatic carbocycles. The SMILES string of the molecule is Nc1c(Cl)cc(NC(=O)c2ccc(OC(F)(F)F)cc2)cc1Cl. The first-order chi connectivity index (χ1) is 10.7. The second-order valence-corrected chi connectivity index (χ2v) is 5.19. The molecule has 0 radical (unpaired) electrons. The Kier molecular flexibility index (Phi) is 4.91. The number of nitrogen functional groups attached to an aromatic ring is 1. The van der Waals surface area contributed by atoms with E-state index in [2.05, 4.69) is 10.1 Å². The van der Waals surface area contributed by atoms with Crippen LogP contribution in [0.5, 0.6) is 5.75 Å². The van der Waals surface area contributed by atoms with Gasteiger partial charge in [-0.05, 0) is 36.4 Å². The van der Waals surface area contributed by atoms with Gasteiger partial charge in [0.1, 0.15) is 5.75 Å². The first kappa shape index (κ1) is 17.2. The predicted molar refractivity (Wildman–Crippen MR) is 82.0 cm³/mol. The van der Waals surface area contributed by atoms with Crippen LogP contribution in [0.1, 0.15) is 10.4 Å². The summed E-state index contributed by atoms with van der Waals surface area (Å²) < 4.78 is 39.9. The van der Waals surface area contributed by atoms with Crippen molar-refractivity contribution in [2.45, 2.75) is 6.36 Å². The lowest BCUT2D eigenvalue weighted by Gasteiger charge is -2.10. The Labute approximate surface area is 138 Å². The summed E-state index contributed by atoms with van der Waals surface area (Å²) in [7, 11) is 0. The Balaban J connectivity index is 2.12. The molecule has 0 atom stereocenters. The highest BCUT2D eigenvalue weighted by atomic mass is 35.5. The highest BCUT2D eigenvalue weighted by Crippen LogP contribution is 2.31. The maximum atomic E-state index is 12.1. The molecule has 0 spiro atoms. The lowest BCUT2D eigenvalue weighted by atomic mass is 10.2. The number of hydrogen-bond acceptors (Lipinski definition) is 3. The molecule has 3 N–H and O–H groups in total. The van der Waals surface area contributed by atoms with Gasteiger partial charge in [-0.1, -0.05) is 23.2 Å². The van der Waals surface area contributed by atoms with Crippen molar-refractivity contribution < 1.29 is 22.7 Å². The van der Waals surface area contributed by atoms with Crippen molar-refractivity contribution in [2.75, 3.05) is 11.1 Å². The summed E-state index contributed by atoms with van der Waals surface area (Å²) >= 11 is 11.7. The fourth-order valence-corrected chi connectivity index (χ4v) is 2.15. The number of ether oxygens (including phenoxy) is 1. The molecule has 0 aliphatic rings. The van der Waals surface area contributed by atoms with E-state index in [4.69, 9.17) is 28.9 Å². The molecule has 2 rings (SSSR count). The molecule has 0 unspecified atom stereocenters. The molecule has 23 heavy (non-hydrogen) atoms. The molecule has 0 saturated carbocycles. The van der Waals surface area contributed by atoms with Crippen LogP contribution < -0.4 is 15.8 Å². The minimum atomic E-state index is -4.79. The average molecular weight is 365 g/mol. The molecule has 0 bridgehead atoms. The Hall–Kier alpha value is -2.12. The number of carbonyl (C=O) groups excluding carboxylic acids is 1. The third-order valence-electron chi connectivity index (χ3n) is 2.69. The van der Waals surface area contributed by atoms with Crippen molar-refractivity contribution in [1.82, 2.24) is 0 Å². The summed E-state index contributed by atoms with van der Waals surface area (Å²) in [5.74, 6) is -0.979. The van der Waals surface area contributed by atoms with E-state index in [1.807, 2.05) is 0 Å². The molecular formula is C14H9Cl2F3N2O2. The number of rotatable bonds is 3. The normalized spacial score (nSPS) is 11.2. The number of halogens is 5. The van der Waals surface area contributed by atoms with Gasteiger partial charge in [0.25, 0.3) is 5.91 Å². The molecule has 0 aromatic heterocycles. The van der Waals surface area contributed by atoms with E-state index >= 15 is 0 Å². The van der Waals surface area contributed by atoms with Crippen LogP contribution in [-0.2, 0) is 0 Å². The van der Waals surface area contributed by atoms with Crippen molar-refractivity contribution in [3.8, 4) is 5.75 Å². The molecule has 4 nitrogen and oxygen atoms in total. The van der Waals surface area contributed by atoms with E-state index in [9.17, 15) is 18.0 Å². The molecule has 0 fully saturated rings. The van der Waals surface area contributed by atoms with Crippen molar-refractivity contribution in [2.24, 2.45) is 0 Å². The van der Waals surface area contributed by atoms with Crippen LogP contribution in [0.3, 0.4) is 0 Å². The largest absolute Gasteiger partial charge is 0.573 e. The van der Waals surface area contributed by atoms with Crippen LogP contribution in [0.2, 0.25) is 10.0 Å². The van der Waals surface area contributed by atoms with Gasteiger partial charge in [-0.3, -0.25) is 4.79 Å². The van der Waals surface area contributed by atoms with Crippen LogP contribution in [0.4, 0.5) is 24.5 Å². The van der Waals surface area contributed by atoms with Crippen LogP contribution in [-0.4, -0.2) is 12.3 Å². The van der Waals surface area contributed by atoms with Crippen molar-refractivity contribution in [1.29, 1.82) is 0 Å². The van der Waals surface area contributed by atoms with Crippen molar-refractivity contribution in [3.63, 3.8) is 0 Å². The fourth-order valence-electron chi connectivity index (χ4n) is 1.67. The lowest BCUT2D eigenvalue weighted by molar-refractivity contribution is -0.274. The van der Waals surface area contributed by atoms with Gasteiger partial charge in [-0.2, -0.15) is 0 Å². The van der Waals surface area contributed by atoms with E-state index in [0.717, 1.165) is 12.1 Å². The summed E-state index contributed by atoms with van der Waals surface area (Å²) in [5.41, 5.74) is 6.19. The lowest BCUT2D eigenvalue weighted by Crippen LogP contribution is -2.17. The zero-order valence-electron chi connectivity index (χ0n) is 11.2. The van der Waals surface area contributed by atoms with Crippen LogP contribution in [0, 0.1) is 0 Å². The summed E-state index contributed by atoms with van der Waals surface area (Å²) in [5, 5.41) is 2.84. The van der Waals surface area contributed by atoms with E-state index in [-0.39, 0.29) is 21.3 Å². The zero-order valence-corrected chi connectivity index (χ0v) is 12.8. The summed E-state index contributed by atoms with van der Waals surface area (Å²) in [6.45, 7) is 0. The maximum absolute atomic E-state index is 12.1. The summed E-state index contributed by atoms with van der Waals surface area (Å²) in [6.07, 6.45) is -4.79. The van der Waals surface area contributed by atoms with Crippen LogP contribution >= 0.6 is 23.2 Å².